The SMILES string of the molecule is CCNC(CSc1ccoc1C)(C(=O)OCC)C1CC1. The molecule has 1 aliphatic carbocycles. The van der Waals surface area contributed by atoms with Gasteiger partial charge in [-0.25, -0.2) is 0 Å². The van der Waals surface area contributed by atoms with Crippen molar-refractivity contribution in [2.24, 2.45) is 5.92 Å². The fourth-order valence-corrected chi connectivity index (χ4v) is 3.72. The van der Waals surface area contributed by atoms with Crippen molar-refractivity contribution in [3.63, 3.8) is 0 Å². The molecule has 0 amide bonds. The number of aryl methyl sites for hydroxylation is 1. The molecule has 1 saturated carbocycles. The van der Waals surface area contributed by atoms with Gasteiger partial charge in [0.15, 0.2) is 0 Å². The normalized spacial score (nSPS) is 17.8. The number of carbonyl (C=O) groups is 1. The molecule has 2 rings (SSSR count). The van der Waals surface area contributed by atoms with Gasteiger partial charge in [-0.3, -0.25) is 4.79 Å². The highest BCUT2D eigenvalue weighted by Crippen LogP contribution is 2.43. The molecular formula is C15H23NO3S. The number of nitrogens with one attached hydrogen (secondary N) is 1. The fourth-order valence-electron chi connectivity index (χ4n) is 2.48. The third kappa shape index (κ3) is 3.20. The molecule has 0 spiro atoms. The maximum absolute atomic E-state index is 12.5. The summed E-state index contributed by atoms with van der Waals surface area (Å²) in [6.45, 7) is 7.02. The van der Waals surface area contributed by atoms with E-state index in [9.17, 15) is 4.79 Å². The van der Waals surface area contributed by atoms with Gasteiger partial charge in [-0.15, -0.1) is 11.8 Å². The Morgan fingerprint density at radius 1 is 1.55 bits per heavy atom. The number of esters is 1. The molecule has 0 radical (unpaired) electrons. The Hall–Kier alpha value is -0.940. The Morgan fingerprint density at radius 3 is 2.80 bits per heavy atom. The number of ether oxygens (including phenoxy) is 1. The van der Waals surface area contributed by atoms with Gasteiger partial charge in [0, 0.05) is 10.6 Å². The minimum Gasteiger partial charge on any atom is -0.468 e. The van der Waals surface area contributed by atoms with Crippen LogP contribution in [0.4, 0.5) is 0 Å². The second-order valence-electron chi connectivity index (χ2n) is 5.13. The average molecular weight is 297 g/mol. The van der Waals surface area contributed by atoms with Crippen LogP contribution in [0.15, 0.2) is 21.6 Å². The molecule has 1 N–H and O–H groups in total. The molecule has 5 heteroatoms. The zero-order valence-electron chi connectivity index (χ0n) is 12.4. The molecule has 1 atom stereocenters. The van der Waals surface area contributed by atoms with Crippen molar-refractivity contribution in [2.45, 2.75) is 44.0 Å². The van der Waals surface area contributed by atoms with Gasteiger partial charge in [-0.2, -0.15) is 0 Å². The molecule has 1 heterocycles. The molecular weight excluding hydrogens is 274 g/mol. The first kappa shape index (κ1) is 15.4. The summed E-state index contributed by atoms with van der Waals surface area (Å²) in [7, 11) is 0. The highest BCUT2D eigenvalue weighted by Gasteiger charge is 2.51. The van der Waals surface area contributed by atoms with E-state index in [-0.39, 0.29) is 5.97 Å². The van der Waals surface area contributed by atoms with Crippen LogP contribution >= 0.6 is 11.8 Å². The van der Waals surface area contributed by atoms with E-state index in [1.165, 1.54) is 0 Å². The molecule has 4 nitrogen and oxygen atoms in total. The first-order chi connectivity index (χ1) is 9.64. The number of likely N-dealkylation sites (N-methyl/N-ethyl adjacent to an activating group) is 1. The molecule has 112 valence electrons. The summed E-state index contributed by atoms with van der Waals surface area (Å²) < 4.78 is 10.6. The van der Waals surface area contributed by atoms with Crippen molar-refractivity contribution in [3.05, 3.63) is 18.1 Å². The number of furan rings is 1. The minimum absolute atomic E-state index is 0.113. The summed E-state index contributed by atoms with van der Waals surface area (Å²) in [5, 5.41) is 3.40. The highest BCUT2D eigenvalue weighted by atomic mass is 32.2. The van der Waals surface area contributed by atoms with Gasteiger partial charge in [0.1, 0.15) is 11.3 Å². The molecule has 1 unspecified atom stereocenters. The van der Waals surface area contributed by atoms with Crippen LogP contribution in [0.1, 0.15) is 32.4 Å². The Labute approximate surface area is 124 Å². The van der Waals surface area contributed by atoms with Crippen LogP contribution in [0.2, 0.25) is 0 Å². The van der Waals surface area contributed by atoms with E-state index in [0.717, 1.165) is 30.0 Å². The third-order valence-corrected chi connectivity index (χ3v) is 5.01. The number of hydrogen-bond acceptors (Lipinski definition) is 5. The lowest BCUT2D eigenvalue weighted by Gasteiger charge is -2.32. The smallest absolute Gasteiger partial charge is 0.327 e. The maximum atomic E-state index is 12.5. The van der Waals surface area contributed by atoms with Gasteiger partial charge in [-0.1, -0.05) is 6.92 Å². The molecule has 0 aromatic carbocycles. The van der Waals surface area contributed by atoms with Crippen molar-refractivity contribution in [1.82, 2.24) is 5.32 Å². The van der Waals surface area contributed by atoms with Crippen molar-refractivity contribution in [3.8, 4) is 0 Å². The predicted octanol–water partition coefficient (Wildman–Crippen LogP) is 3.00. The summed E-state index contributed by atoms with van der Waals surface area (Å²) in [4.78, 5) is 13.6. The van der Waals surface area contributed by atoms with E-state index in [2.05, 4.69) is 5.32 Å². The summed E-state index contributed by atoms with van der Waals surface area (Å²) in [6, 6.07) is 1.95. The molecule has 0 saturated heterocycles. The topological polar surface area (TPSA) is 51.5 Å². The van der Waals surface area contributed by atoms with Gasteiger partial charge in [0.05, 0.1) is 12.9 Å². The number of carbonyl (C=O) groups excluding carboxylic acids is 1. The number of hydrogen-bond donors (Lipinski definition) is 1. The van der Waals surface area contributed by atoms with E-state index in [0.29, 0.717) is 18.3 Å². The number of thioether (sulfide) groups is 1. The standard InChI is InChI=1S/C15H23NO3S/c1-4-16-15(12-6-7-12,14(17)18-5-2)10-20-13-8-9-19-11(13)3/h8-9,12,16H,4-7,10H2,1-3H3. The Bertz CT molecular complexity index is 456. The second-order valence-corrected chi connectivity index (χ2v) is 6.14. The molecule has 1 aromatic rings. The van der Waals surface area contributed by atoms with Crippen LogP contribution in [0.25, 0.3) is 0 Å². The van der Waals surface area contributed by atoms with Crippen LogP contribution in [-0.4, -0.2) is 30.4 Å². The molecule has 0 bridgehead atoms. The fraction of sp³-hybridized carbons (Fsp3) is 0.667. The van der Waals surface area contributed by atoms with Crippen LogP contribution in [0.3, 0.4) is 0 Å². The zero-order chi connectivity index (χ0) is 14.6. The predicted molar refractivity (Wildman–Crippen MR) is 79.9 cm³/mol. The van der Waals surface area contributed by atoms with Gasteiger partial charge in [0.25, 0.3) is 0 Å². The van der Waals surface area contributed by atoms with Gasteiger partial charge >= 0.3 is 5.97 Å². The van der Waals surface area contributed by atoms with E-state index >= 15 is 0 Å². The first-order valence-electron chi connectivity index (χ1n) is 7.23. The van der Waals surface area contributed by atoms with Crippen molar-refractivity contribution in [1.29, 1.82) is 0 Å². The van der Waals surface area contributed by atoms with Crippen LogP contribution < -0.4 is 5.32 Å². The Morgan fingerprint density at radius 2 is 2.30 bits per heavy atom. The monoisotopic (exact) mass is 297 g/mol. The van der Waals surface area contributed by atoms with Crippen molar-refractivity contribution < 1.29 is 13.9 Å². The quantitative estimate of drug-likeness (QED) is 0.590. The van der Waals surface area contributed by atoms with Gasteiger partial charge in [0.2, 0.25) is 0 Å². The van der Waals surface area contributed by atoms with E-state index in [4.69, 9.17) is 9.15 Å². The van der Waals surface area contributed by atoms with E-state index < -0.39 is 5.54 Å². The van der Waals surface area contributed by atoms with Crippen molar-refractivity contribution in [2.75, 3.05) is 18.9 Å². The second kappa shape index (κ2) is 6.68. The summed E-state index contributed by atoms with van der Waals surface area (Å²) in [5.41, 5.74) is -0.556. The highest BCUT2D eigenvalue weighted by molar-refractivity contribution is 7.99. The third-order valence-electron chi connectivity index (χ3n) is 3.67. The van der Waals surface area contributed by atoms with Gasteiger partial charge in [-0.05, 0) is 45.2 Å². The Kier molecular flexibility index (Phi) is 5.16. The minimum atomic E-state index is -0.556. The van der Waals surface area contributed by atoms with Crippen LogP contribution in [-0.2, 0) is 9.53 Å². The van der Waals surface area contributed by atoms with Crippen LogP contribution in [0, 0.1) is 12.8 Å². The zero-order valence-corrected chi connectivity index (χ0v) is 13.2. The molecule has 20 heavy (non-hydrogen) atoms. The largest absolute Gasteiger partial charge is 0.468 e. The maximum Gasteiger partial charge on any atom is 0.327 e. The van der Waals surface area contributed by atoms with Gasteiger partial charge < -0.3 is 14.5 Å². The molecule has 1 fully saturated rings. The molecule has 1 aromatic heterocycles. The Balaban J connectivity index is 2.12. The van der Waals surface area contributed by atoms with Crippen LogP contribution in [0.5, 0.6) is 0 Å². The average Bonchev–Trinajstić information content (AvgIpc) is 3.19. The van der Waals surface area contributed by atoms with Crippen molar-refractivity contribution >= 4 is 17.7 Å². The lowest BCUT2D eigenvalue weighted by Crippen LogP contribution is -2.57. The van der Waals surface area contributed by atoms with E-state index in [1.807, 2.05) is 26.8 Å². The molecule has 1 aliphatic rings. The lowest BCUT2D eigenvalue weighted by molar-refractivity contribution is -0.151. The first-order valence-corrected chi connectivity index (χ1v) is 8.21. The van der Waals surface area contributed by atoms with E-state index in [1.54, 1.807) is 18.0 Å². The lowest BCUT2D eigenvalue weighted by atomic mass is 9.95. The summed E-state index contributed by atoms with van der Waals surface area (Å²) in [5.74, 6) is 1.87. The number of rotatable bonds is 8. The molecule has 0 aliphatic heterocycles. The summed E-state index contributed by atoms with van der Waals surface area (Å²) >= 11 is 1.67. The summed E-state index contributed by atoms with van der Waals surface area (Å²) in [6.07, 6.45) is 3.88.